The van der Waals surface area contributed by atoms with Crippen molar-refractivity contribution < 1.29 is 4.42 Å². The molecule has 0 bridgehead atoms. The van der Waals surface area contributed by atoms with E-state index in [1.165, 1.54) is 19.2 Å². The Kier molecular flexibility index (Phi) is 6.44. The van der Waals surface area contributed by atoms with Crippen LogP contribution >= 0.6 is 24.0 Å². The highest BCUT2D eigenvalue weighted by Crippen LogP contribution is 2.23. The number of aromatic nitrogens is 1. The molecule has 23 heavy (non-hydrogen) atoms. The first kappa shape index (κ1) is 17.8. The number of likely N-dealkylation sites (tertiary alicyclic amines) is 1. The molecule has 2 aromatic rings. The minimum atomic E-state index is 0. The summed E-state index contributed by atoms with van der Waals surface area (Å²) in [4.78, 5) is 10.9. The number of nitrogens with two attached hydrogens (primary N) is 1. The lowest BCUT2D eigenvalue weighted by Gasteiger charge is -2.30. The Labute approximate surface area is 154 Å². The average Bonchev–Trinajstić information content (AvgIpc) is 3.02. The van der Waals surface area contributed by atoms with Crippen molar-refractivity contribution in [2.45, 2.75) is 26.3 Å². The van der Waals surface area contributed by atoms with Crippen molar-refractivity contribution in [1.82, 2.24) is 9.88 Å². The fourth-order valence-corrected chi connectivity index (χ4v) is 2.70. The zero-order valence-electron chi connectivity index (χ0n) is 13.3. The first-order valence-corrected chi connectivity index (χ1v) is 7.76. The molecule has 1 aliphatic heterocycles. The van der Waals surface area contributed by atoms with Crippen LogP contribution in [0, 0.1) is 5.92 Å². The van der Waals surface area contributed by atoms with Crippen molar-refractivity contribution in [3.63, 3.8) is 0 Å². The van der Waals surface area contributed by atoms with Crippen LogP contribution in [0.5, 0.6) is 0 Å². The van der Waals surface area contributed by atoms with Crippen LogP contribution < -0.4 is 5.73 Å². The molecule has 0 spiro atoms. The van der Waals surface area contributed by atoms with Crippen molar-refractivity contribution in [3.05, 3.63) is 42.4 Å². The first-order chi connectivity index (χ1) is 10.7. The maximum atomic E-state index is 6.12. The summed E-state index contributed by atoms with van der Waals surface area (Å²) in [6.07, 6.45) is 3.82. The number of aliphatic imine (C=N–C) groups is 1. The van der Waals surface area contributed by atoms with Crippen LogP contribution in [0.25, 0.3) is 11.3 Å². The lowest BCUT2D eigenvalue weighted by atomic mass is 10.00. The van der Waals surface area contributed by atoms with Crippen LogP contribution in [0.2, 0.25) is 0 Å². The van der Waals surface area contributed by atoms with E-state index in [0.29, 0.717) is 12.5 Å². The lowest BCUT2D eigenvalue weighted by Crippen LogP contribution is -2.42. The van der Waals surface area contributed by atoms with Gasteiger partial charge in [0.15, 0.2) is 18.1 Å². The van der Waals surface area contributed by atoms with E-state index in [9.17, 15) is 0 Å². The molecule has 3 rings (SSSR count). The van der Waals surface area contributed by atoms with Gasteiger partial charge < -0.3 is 15.1 Å². The molecular formula is C17H23IN4O. The quantitative estimate of drug-likeness (QED) is 0.464. The fourth-order valence-electron chi connectivity index (χ4n) is 2.70. The van der Waals surface area contributed by atoms with E-state index in [1.807, 2.05) is 30.3 Å². The van der Waals surface area contributed by atoms with Crippen LogP contribution in [-0.2, 0) is 6.54 Å². The van der Waals surface area contributed by atoms with E-state index >= 15 is 0 Å². The van der Waals surface area contributed by atoms with Crippen molar-refractivity contribution in [1.29, 1.82) is 0 Å². The van der Waals surface area contributed by atoms with Crippen molar-refractivity contribution in [2.75, 3.05) is 13.1 Å². The molecule has 1 aromatic carbocycles. The molecule has 0 aliphatic carbocycles. The molecule has 0 atom stereocenters. The molecular weight excluding hydrogens is 403 g/mol. The van der Waals surface area contributed by atoms with Crippen molar-refractivity contribution in [2.24, 2.45) is 16.6 Å². The van der Waals surface area contributed by atoms with Crippen LogP contribution in [-0.4, -0.2) is 28.9 Å². The largest absolute Gasteiger partial charge is 0.443 e. The molecule has 0 unspecified atom stereocenters. The monoisotopic (exact) mass is 426 g/mol. The van der Waals surface area contributed by atoms with Gasteiger partial charge in [0.25, 0.3) is 0 Å². The Morgan fingerprint density at radius 2 is 2.00 bits per heavy atom. The summed E-state index contributed by atoms with van der Waals surface area (Å²) >= 11 is 0. The number of halogens is 1. The summed E-state index contributed by atoms with van der Waals surface area (Å²) in [5.41, 5.74) is 7.95. The Bertz CT molecular complexity index is 633. The molecule has 2 heterocycles. The van der Waals surface area contributed by atoms with E-state index in [1.54, 1.807) is 0 Å². The molecule has 6 heteroatoms. The molecule has 1 aliphatic rings. The van der Waals surface area contributed by atoms with Crippen molar-refractivity contribution in [3.8, 4) is 11.3 Å². The Morgan fingerprint density at radius 3 is 2.70 bits per heavy atom. The molecule has 124 valence electrons. The van der Waals surface area contributed by atoms with Gasteiger partial charge in [-0.2, -0.15) is 0 Å². The molecule has 1 fully saturated rings. The average molecular weight is 426 g/mol. The zero-order chi connectivity index (χ0) is 15.4. The maximum Gasteiger partial charge on any atom is 0.191 e. The van der Waals surface area contributed by atoms with E-state index in [-0.39, 0.29) is 24.0 Å². The molecule has 2 N–H and O–H groups in total. The molecule has 1 saturated heterocycles. The van der Waals surface area contributed by atoms with Gasteiger partial charge in [-0.15, -0.1) is 24.0 Å². The summed E-state index contributed by atoms with van der Waals surface area (Å²) in [6, 6.07) is 9.95. The molecule has 0 radical (unpaired) electrons. The number of hydrogen-bond acceptors (Lipinski definition) is 3. The molecule has 1 aromatic heterocycles. The van der Waals surface area contributed by atoms with Crippen LogP contribution in [0.15, 0.2) is 46.1 Å². The zero-order valence-corrected chi connectivity index (χ0v) is 15.6. The minimum Gasteiger partial charge on any atom is -0.443 e. The highest BCUT2D eigenvalue weighted by atomic mass is 127. The number of guanidine groups is 1. The summed E-state index contributed by atoms with van der Waals surface area (Å²) in [5, 5.41) is 0. The van der Waals surface area contributed by atoms with Gasteiger partial charge in [0.1, 0.15) is 5.69 Å². The fraction of sp³-hybridized carbons (Fsp3) is 0.412. The van der Waals surface area contributed by atoms with Gasteiger partial charge in [0.05, 0.1) is 6.54 Å². The van der Waals surface area contributed by atoms with E-state index < -0.39 is 0 Å². The summed E-state index contributed by atoms with van der Waals surface area (Å²) in [6.45, 7) is 4.70. The van der Waals surface area contributed by atoms with Gasteiger partial charge in [-0.3, -0.25) is 0 Å². The van der Waals surface area contributed by atoms with Gasteiger partial charge in [-0.05, 0) is 18.8 Å². The highest BCUT2D eigenvalue weighted by molar-refractivity contribution is 14.0. The second-order valence-corrected chi connectivity index (χ2v) is 5.84. The van der Waals surface area contributed by atoms with Gasteiger partial charge in [0.2, 0.25) is 0 Å². The normalized spacial score (nSPS) is 16.2. The van der Waals surface area contributed by atoms with Crippen LogP contribution in [0.1, 0.15) is 25.5 Å². The predicted octanol–water partition coefficient (Wildman–Crippen LogP) is 3.51. The third-order valence-electron chi connectivity index (χ3n) is 4.18. The summed E-state index contributed by atoms with van der Waals surface area (Å²) in [5.74, 6) is 2.16. The van der Waals surface area contributed by atoms with E-state index in [4.69, 9.17) is 10.2 Å². The number of oxazole rings is 1. The van der Waals surface area contributed by atoms with Crippen LogP contribution in [0.3, 0.4) is 0 Å². The number of rotatable bonds is 3. The first-order valence-electron chi connectivity index (χ1n) is 7.76. The van der Waals surface area contributed by atoms with Crippen LogP contribution in [0.4, 0.5) is 0 Å². The smallest absolute Gasteiger partial charge is 0.191 e. The van der Waals surface area contributed by atoms with Gasteiger partial charge >= 0.3 is 0 Å². The Morgan fingerprint density at radius 1 is 1.30 bits per heavy atom. The number of hydrogen-bond donors (Lipinski definition) is 1. The van der Waals surface area contributed by atoms with Gasteiger partial charge in [0, 0.05) is 18.7 Å². The minimum absolute atomic E-state index is 0. The summed E-state index contributed by atoms with van der Waals surface area (Å²) < 4.78 is 5.51. The third-order valence-corrected chi connectivity index (χ3v) is 4.18. The number of piperidine rings is 1. The molecule has 5 nitrogen and oxygen atoms in total. The topological polar surface area (TPSA) is 67.7 Å². The van der Waals surface area contributed by atoms with Gasteiger partial charge in [-0.1, -0.05) is 37.3 Å². The second kappa shape index (κ2) is 8.33. The van der Waals surface area contributed by atoms with E-state index in [2.05, 4.69) is 21.8 Å². The Hall–Kier alpha value is -1.57. The molecule has 0 amide bonds. The van der Waals surface area contributed by atoms with Gasteiger partial charge in [-0.25, -0.2) is 9.98 Å². The van der Waals surface area contributed by atoms with Crippen molar-refractivity contribution >= 4 is 29.9 Å². The Balaban J connectivity index is 0.00000192. The molecule has 0 saturated carbocycles. The maximum absolute atomic E-state index is 6.12. The predicted molar refractivity (Wildman–Crippen MR) is 103 cm³/mol. The SMILES string of the molecule is CC1CCN(C(N)=NCc2ncoc2-c2ccccc2)CC1.I. The number of benzene rings is 1. The number of nitrogens with zero attached hydrogens (tertiary/aromatic N) is 3. The highest BCUT2D eigenvalue weighted by Gasteiger charge is 2.17. The lowest BCUT2D eigenvalue weighted by molar-refractivity contribution is 0.277. The second-order valence-electron chi connectivity index (χ2n) is 5.84. The summed E-state index contributed by atoms with van der Waals surface area (Å²) in [7, 11) is 0. The standard InChI is InChI=1S/C17H22N4O.HI/c1-13-7-9-21(10-8-13)17(18)19-11-15-16(22-12-20-15)14-5-3-2-4-6-14;/h2-6,12-13H,7-11H2,1H3,(H2,18,19);1H. The third kappa shape index (κ3) is 4.46. The van der Waals surface area contributed by atoms with E-state index in [0.717, 1.165) is 36.0 Å².